The first kappa shape index (κ1) is 18.6. The maximum absolute atomic E-state index is 12.1. The number of amides is 1. The summed E-state index contributed by atoms with van der Waals surface area (Å²) in [5, 5.41) is 13.4. The first-order valence-corrected chi connectivity index (χ1v) is 7.61. The van der Waals surface area contributed by atoms with Gasteiger partial charge in [-0.15, -0.1) is 0 Å². The summed E-state index contributed by atoms with van der Waals surface area (Å²) < 4.78 is 5.02. The molecule has 1 amide bonds. The smallest absolute Gasteiger partial charge is 0.338 e. The molecule has 0 aliphatic carbocycles. The van der Waals surface area contributed by atoms with Crippen molar-refractivity contribution in [3.05, 3.63) is 62.3 Å². The second kappa shape index (κ2) is 7.91. The molecule has 0 unspecified atom stereocenters. The molecule has 0 aliphatic heterocycles. The number of nitrogens with one attached hydrogen (secondary N) is 1. The zero-order valence-electron chi connectivity index (χ0n) is 12.7. The Hall–Kier alpha value is -2.71. The van der Waals surface area contributed by atoms with Crippen LogP contribution in [-0.4, -0.2) is 27.9 Å². The summed E-state index contributed by atoms with van der Waals surface area (Å²) in [6, 6.07) is 6.21. The van der Waals surface area contributed by atoms with Crippen LogP contribution in [0.3, 0.4) is 0 Å². The van der Waals surface area contributed by atoms with Crippen molar-refractivity contribution in [3.8, 4) is 0 Å². The lowest BCUT2D eigenvalue weighted by Crippen LogP contribution is -2.30. The van der Waals surface area contributed by atoms with Gasteiger partial charge in [0.05, 0.1) is 20.5 Å². The number of ether oxygens (including phenoxy) is 1. The summed E-state index contributed by atoms with van der Waals surface area (Å²) in [6.45, 7) is 1.36. The molecule has 2 aromatic rings. The molecular formula is C15H11Cl2N3O5. The second-order valence-corrected chi connectivity index (χ2v) is 5.67. The molecule has 0 saturated heterocycles. The fourth-order valence-corrected chi connectivity index (χ4v) is 2.15. The van der Waals surface area contributed by atoms with Crippen LogP contribution >= 0.6 is 23.2 Å². The first-order chi connectivity index (χ1) is 11.8. The Labute approximate surface area is 151 Å². The highest BCUT2D eigenvalue weighted by molar-refractivity contribution is 6.36. The molecule has 1 aromatic carbocycles. The number of benzene rings is 1. The van der Waals surface area contributed by atoms with Crippen LogP contribution in [-0.2, 0) is 9.53 Å². The third-order valence-corrected chi connectivity index (χ3v) is 3.51. The molecule has 8 nitrogen and oxygen atoms in total. The van der Waals surface area contributed by atoms with E-state index in [4.69, 9.17) is 27.9 Å². The van der Waals surface area contributed by atoms with E-state index in [-0.39, 0.29) is 22.1 Å². The number of esters is 1. The van der Waals surface area contributed by atoms with Gasteiger partial charge in [-0.25, -0.2) is 9.78 Å². The number of nitro benzene ring substituents is 1. The summed E-state index contributed by atoms with van der Waals surface area (Å²) in [5.41, 5.74) is -0.0845. The summed E-state index contributed by atoms with van der Waals surface area (Å²) >= 11 is 11.6. The van der Waals surface area contributed by atoms with E-state index in [9.17, 15) is 19.7 Å². The van der Waals surface area contributed by atoms with Gasteiger partial charge in [0.2, 0.25) is 0 Å². The Bertz CT molecular complexity index is 826. The van der Waals surface area contributed by atoms with E-state index in [2.05, 4.69) is 10.3 Å². The number of hydrogen-bond acceptors (Lipinski definition) is 6. The molecule has 1 atom stereocenters. The molecule has 0 saturated carbocycles. The molecule has 1 aromatic heterocycles. The van der Waals surface area contributed by atoms with Crippen molar-refractivity contribution in [1.29, 1.82) is 0 Å². The summed E-state index contributed by atoms with van der Waals surface area (Å²) in [6.07, 6.45) is 0.160. The lowest BCUT2D eigenvalue weighted by Gasteiger charge is -2.13. The molecule has 130 valence electrons. The fourth-order valence-electron chi connectivity index (χ4n) is 1.73. The van der Waals surface area contributed by atoms with Gasteiger partial charge < -0.3 is 10.1 Å². The van der Waals surface area contributed by atoms with Crippen molar-refractivity contribution in [1.82, 2.24) is 4.98 Å². The number of carbonyl (C=O) groups excluding carboxylic acids is 2. The maximum atomic E-state index is 12.1. The molecular weight excluding hydrogens is 373 g/mol. The third kappa shape index (κ3) is 4.88. The third-order valence-electron chi connectivity index (χ3n) is 3.02. The van der Waals surface area contributed by atoms with E-state index < -0.39 is 22.9 Å². The average molecular weight is 384 g/mol. The average Bonchev–Trinajstić information content (AvgIpc) is 2.57. The number of nitrogens with zero attached hydrogens (tertiary/aromatic N) is 2. The zero-order chi connectivity index (χ0) is 18.6. The number of rotatable bonds is 5. The number of anilines is 1. The van der Waals surface area contributed by atoms with Crippen molar-refractivity contribution in [2.75, 3.05) is 5.32 Å². The van der Waals surface area contributed by atoms with Crippen LogP contribution in [0.5, 0.6) is 0 Å². The molecule has 1 heterocycles. The van der Waals surface area contributed by atoms with Gasteiger partial charge in [-0.05, 0) is 25.1 Å². The number of nitro groups is 1. The van der Waals surface area contributed by atoms with E-state index in [1.54, 1.807) is 0 Å². The first-order valence-electron chi connectivity index (χ1n) is 6.85. The lowest BCUT2D eigenvalue weighted by molar-refractivity contribution is -0.384. The molecule has 0 fully saturated rings. The number of pyridine rings is 1. The Balaban J connectivity index is 2.00. The monoisotopic (exact) mass is 383 g/mol. The van der Waals surface area contributed by atoms with Crippen molar-refractivity contribution in [2.45, 2.75) is 13.0 Å². The van der Waals surface area contributed by atoms with Crippen molar-refractivity contribution in [2.24, 2.45) is 0 Å². The van der Waals surface area contributed by atoms with Gasteiger partial charge in [-0.2, -0.15) is 0 Å². The summed E-state index contributed by atoms with van der Waals surface area (Å²) in [4.78, 5) is 37.9. The summed E-state index contributed by atoms with van der Waals surface area (Å²) in [7, 11) is 0. The van der Waals surface area contributed by atoms with Gasteiger partial charge >= 0.3 is 5.97 Å². The summed E-state index contributed by atoms with van der Waals surface area (Å²) in [5.74, 6) is -1.37. The highest BCUT2D eigenvalue weighted by atomic mass is 35.5. The minimum Gasteiger partial charge on any atom is -0.449 e. The molecule has 0 radical (unpaired) electrons. The van der Waals surface area contributed by atoms with Crippen LogP contribution < -0.4 is 5.32 Å². The van der Waals surface area contributed by atoms with Crippen molar-refractivity contribution >= 4 is 46.6 Å². The lowest BCUT2D eigenvalue weighted by atomic mass is 10.2. The number of non-ortho nitro benzene ring substituents is 1. The topological polar surface area (TPSA) is 111 Å². The van der Waals surface area contributed by atoms with Gasteiger partial charge in [-0.3, -0.25) is 14.9 Å². The highest BCUT2D eigenvalue weighted by Gasteiger charge is 2.21. The van der Waals surface area contributed by atoms with Crippen LogP contribution in [0, 0.1) is 10.1 Å². The van der Waals surface area contributed by atoms with Gasteiger partial charge in [0, 0.05) is 18.3 Å². The Morgan fingerprint density at radius 3 is 2.48 bits per heavy atom. The SMILES string of the molecule is C[C@@H](OC(=O)c1ccc([N+](=O)[O-])cc1)C(=O)Nc1ncc(Cl)cc1Cl. The number of halogens is 2. The normalized spacial score (nSPS) is 11.5. The molecule has 0 aliphatic rings. The van der Waals surface area contributed by atoms with Crippen molar-refractivity contribution < 1.29 is 19.2 Å². The Kier molecular flexibility index (Phi) is 5.89. The van der Waals surface area contributed by atoms with Crippen LogP contribution in [0.15, 0.2) is 36.5 Å². The van der Waals surface area contributed by atoms with Gasteiger partial charge in [0.15, 0.2) is 11.9 Å². The van der Waals surface area contributed by atoms with Crippen LogP contribution in [0.1, 0.15) is 17.3 Å². The quantitative estimate of drug-likeness (QED) is 0.480. The van der Waals surface area contributed by atoms with Crippen LogP contribution in [0.25, 0.3) is 0 Å². The van der Waals surface area contributed by atoms with Crippen LogP contribution in [0.2, 0.25) is 10.0 Å². The fraction of sp³-hybridized carbons (Fsp3) is 0.133. The predicted octanol–water partition coefficient (Wildman–Crippen LogP) is 3.48. The highest BCUT2D eigenvalue weighted by Crippen LogP contribution is 2.22. The van der Waals surface area contributed by atoms with E-state index in [0.717, 1.165) is 0 Å². The molecule has 2 rings (SSSR count). The molecule has 10 heteroatoms. The zero-order valence-corrected chi connectivity index (χ0v) is 14.2. The largest absolute Gasteiger partial charge is 0.449 e. The molecule has 0 bridgehead atoms. The Morgan fingerprint density at radius 2 is 1.92 bits per heavy atom. The van der Waals surface area contributed by atoms with Crippen molar-refractivity contribution in [3.63, 3.8) is 0 Å². The minimum absolute atomic E-state index is 0.0768. The number of hydrogen-bond donors (Lipinski definition) is 1. The minimum atomic E-state index is -1.14. The van der Waals surface area contributed by atoms with Gasteiger partial charge in [0.25, 0.3) is 11.6 Å². The van der Waals surface area contributed by atoms with E-state index >= 15 is 0 Å². The second-order valence-electron chi connectivity index (χ2n) is 4.82. The molecule has 25 heavy (non-hydrogen) atoms. The molecule has 1 N–H and O–H groups in total. The maximum Gasteiger partial charge on any atom is 0.338 e. The van der Waals surface area contributed by atoms with Gasteiger partial charge in [-0.1, -0.05) is 23.2 Å². The Morgan fingerprint density at radius 1 is 1.28 bits per heavy atom. The van der Waals surface area contributed by atoms with Crippen LogP contribution in [0.4, 0.5) is 11.5 Å². The van der Waals surface area contributed by atoms with E-state index in [1.165, 1.54) is 43.5 Å². The van der Waals surface area contributed by atoms with Gasteiger partial charge in [0.1, 0.15) is 0 Å². The molecule has 0 spiro atoms. The predicted molar refractivity (Wildman–Crippen MR) is 90.9 cm³/mol. The number of carbonyl (C=O) groups is 2. The number of aromatic nitrogens is 1. The van der Waals surface area contributed by atoms with E-state index in [0.29, 0.717) is 5.02 Å². The van der Waals surface area contributed by atoms with E-state index in [1.807, 2.05) is 0 Å². The standard InChI is InChI=1S/C15H11Cl2N3O5/c1-8(14(21)19-13-12(17)6-10(16)7-18-13)25-15(22)9-2-4-11(5-3-9)20(23)24/h2-8H,1H3,(H,18,19,21)/t8-/m1/s1.